The van der Waals surface area contributed by atoms with Crippen LogP contribution in [0.2, 0.25) is 0 Å². The Kier molecular flexibility index (Phi) is 8.84. The molecule has 10 nitrogen and oxygen atoms in total. The van der Waals surface area contributed by atoms with E-state index >= 15 is 0 Å². The second-order valence-electron chi connectivity index (χ2n) is 9.31. The molecule has 0 aliphatic carbocycles. The van der Waals surface area contributed by atoms with Crippen molar-refractivity contribution >= 4 is 17.8 Å². The molecule has 10 heteroatoms. The molecule has 2 atom stereocenters. The highest BCUT2D eigenvalue weighted by molar-refractivity contribution is 5.91. The van der Waals surface area contributed by atoms with Gasteiger partial charge in [-0.25, -0.2) is 9.80 Å². The number of piperazine rings is 1. The Hall–Kier alpha value is -4.07. The molecule has 2 heterocycles. The lowest BCUT2D eigenvalue weighted by Gasteiger charge is -2.55. The highest BCUT2D eigenvalue weighted by Crippen LogP contribution is 2.28. The van der Waals surface area contributed by atoms with Crippen molar-refractivity contribution in [2.75, 3.05) is 39.9 Å². The summed E-state index contributed by atoms with van der Waals surface area (Å²) in [6.07, 6.45) is 5.73. The zero-order valence-corrected chi connectivity index (χ0v) is 21.5. The number of hydrogen-bond acceptors (Lipinski definition) is 6. The maximum Gasteiger partial charge on any atom is 0.334 e. The van der Waals surface area contributed by atoms with Gasteiger partial charge >= 0.3 is 6.03 Å². The molecule has 0 radical (unpaired) electrons. The van der Waals surface area contributed by atoms with Gasteiger partial charge in [0, 0.05) is 33.2 Å². The van der Waals surface area contributed by atoms with Gasteiger partial charge < -0.3 is 25.0 Å². The maximum absolute atomic E-state index is 13.7. The number of benzene rings is 2. The van der Waals surface area contributed by atoms with Crippen LogP contribution >= 0.6 is 0 Å². The maximum atomic E-state index is 13.7. The Labute approximate surface area is 222 Å². The van der Waals surface area contributed by atoms with Crippen molar-refractivity contribution in [3.63, 3.8) is 0 Å². The molecule has 4 rings (SSSR count). The molecule has 0 aromatic heterocycles. The predicted octanol–water partition coefficient (Wildman–Crippen LogP) is 1.41. The molecule has 2 aromatic rings. The summed E-state index contributed by atoms with van der Waals surface area (Å²) in [5, 5.41) is 15.7. The van der Waals surface area contributed by atoms with Gasteiger partial charge in [0.2, 0.25) is 11.8 Å². The molecule has 0 saturated carbocycles. The molecule has 2 aromatic carbocycles. The summed E-state index contributed by atoms with van der Waals surface area (Å²) in [4.78, 5) is 43.9. The average Bonchev–Trinajstić information content (AvgIpc) is 2.91. The highest BCUT2D eigenvalue weighted by Gasteiger charge is 2.51. The van der Waals surface area contributed by atoms with E-state index in [1.54, 1.807) is 41.3 Å². The van der Waals surface area contributed by atoms with Crippen LogP contribution in [0.1, 0.15) is 17.5 Å². The van der Waals surface area contributed by atoms with E-state index in [0.717, 1.165) is 11.1 Å². The summed E-state index contributed by atoms with van der Waals surface area (Å²) in [6, 6.07) is 14.9. The first-order chi connectivity index (χ1) is 18.4. The van der Waals surface area contributed by atoms with E-state index in [4.69, 9.17) is 11.2 Å². The smallest absolute Gasteiger partial charge is 0.334 e. The summed E-state index contributed by atoms with van der Waals surface area (Å²) >= 11 is 0. The number of phenols is 1. The molecule has 2 aliphatic heterocycles. The van der Waals surface area contributed by atoms with E-state index in [9.17, 15) is 19.5 Å². The molecular formula is C28H33N5O5. The summed E-state index contributed by atoms with van der Waals surface area (Å²) in [6.45, 7) is 1.29. The number of rotatable bonds is 9. The fourth-order valence-electron chi connectivity index (χ4n) is 4.95. The number of terminal acetylenes is 1. The van der Waals surface area contributed by atoms with Gasteiger partial charge in [-0.3, -0.25) is 9.59 Å². The number of carbonyl (C=O) groups excluding carboxylic acids is 3. The van der Waals surface area contributed by atoms with Crippen molar-refractivity contribution in [3.05, 3.63) is 65.7 Å². The van der Waals surface area contributed by atoms with Gasteiger partial charge in [0.1, 0.15) is 18.0 Å². The Balaban J connectivity index is 1.65. The van der Waals surface area contributed by atoms with Gasteiger partial charge in [-0.15, -0.1) is 6.42 Å². The van der Waals surface area contributed by atoms with Gasteiger partial charge in [0.25, 0.3) is 0 Å². The second-order valence-corrected chi connectivity index (χ2v) is 9.31. The number of hydrazine groups is 1. The van der Waals surface area contributed by atoms with Crippen LogP contribution in [0.4, 0.5) is 4.79 Å². The van der Waals surface area contributed by atoms with Crippen LogP contribution in [0.3, 0.4) is 0 Å². The third-order valence-electron chi connectivity index (χ3n) is 6.74. The van der Waals surface area contributed by atoms with Crippen molar-refractivity contribution in [1.82, 2.24) is 25.1 Å². The van der Waals surface area contributed by atoms with E-state index in [2.05, 4.69) is 11.2 Å². The topological polar surface area (TPSA) is 106 Å². The highest BCUT2D eigenvalue weighted by atomic mass is 16.5. The number of phenolic OH excluding ortho intramolecular Hbond substituents is 1. The van der Waals surface area contributed by atoms with E-state index < -0.39 is 18.2 Å². The standard InChI is InChI=1S/C28H33N5O5/c1-3-14-31-20-26(35)32-24(17-21-10-12-23(34)13-11-21)27(36)30(15-7-16-38-2)19-25(32)33(31)28(37)29-18-22-8-5-4-6-9-22/h1,4-6,8-13,24-25,34H,7,14-20H2,2H3,(H,29,37)/t24-,25-/m0/s1. The predicted molar refractivity (Wildman–Crippen MR) is 140 cm³/mol. The lowest BCUT2D eigenvalue weighted by Crippen LogP contribution is -2.76. The Bertz CT molecular complexity index is 1170. The number of aromatic hydroxyl groups is 1. The number of amides is 4. The summed E-state index contributed by atoms with van der Waals surface area (Å²) in [5.74, 6) is 2.20. The van der Waals surface area contributed by atoms with Gasteiger partial charge in [0.05, 0.1) is 19.6 Å². The van der Waals surface area contributed by atoms with E-state index in [0.29, 0.717) is 26.1 Å². The molecular weight excluding hydrogens is 486 g/mol. The summed E-state index contributed by atoms with van der Waals surface area (Å²) < 4.78 is 5.18. The Morgan fingerprint density at radius 2 is 1.87 bits per heavy atom. The molecule has 0 bridgehead atoms. The number of fused-ring (bicyclic) bond motifs is 1. The van der Waals surface area contributed by atoms with Crippen molar-refractivity contribution in [1.29, 1.82) is 0 Å². The summed E-state index contributed by atoms with van der Waals surface area (Å²) in [7, 11) is 1.60. The Morgan fingerprint density at radius 1 is 1.13 bits per heavy atom. The molecule has 2 saturated heterocycles. The van der Waals surface area contributed by atoms with Gasteiger partial charge in [-0.05, 0) is 29.7 Å². The molecule has 200 valence electrons. The van der Waals surface area contributed by atoms with Crippen LogP contribution in [0.25, 0.3) is 0 Å². The van der Waals surface area contributed by atoms with Gasteiger partial charge in [0.15, 0.2) is 0 Å². The second kappa shape index (κ2) is 12.4. The molecule has 4 amide bonds. The van der Waals surface area contributed by atoms with E-state index in [1.807, 2.05) is 30.3 Å². The number of nitrogens with one attached hydrogen (secondary N) is 1. The minimum atomic E-state index is -0.814. The van der Waals surface area contributed by atoms with Crippen LogP contribution in [0.15, 0.2) is 54.6 Å². The van der Waals surface area contributed by atoms with E-state index in [1.165, 1.54) is 9.91 Å². The minimum Gasteiger partial charge on any atom is -0.508 e. The van der Waals surface area contributed by atoms with Gasteiger partial charge in [-0.1, -0.05) is 48.4 Å². The van der Waals surface area contributed by atoms with Crippen molar-refractivity contribution in [2.24, 2.45) is 0 Å². The normalized spacial score (nSPS) is 19.7. The first kappa shape index (κ1) is 27.0. The average molecular weight is 520 g/mol. The first-order valence-corrected chi connectivity index (χ1v) is 12.6. The third-order valence-corrected chi connectivity index (χ3v) is 6.74. The fraction of sp³-hybridized carbons (Fsp3) is 0.393. The van der Waals surface area contributed by atoms with Crippen LogP contribution in [-0.2, 0) is 27.3 Å². The zero-order valence-electron chi connectivity index (χ0n) is 21.5. The number of carbonyl (C=O) groups is 3. The monoisotopic (exact) mass is 519 g/mol. The van der Waals surface area contributed by atoms with Crippen LogP contribution < -0.4 is 5.32 Å². The number of nitrogens with zero attached hydrogens (tertiary/aromatic N) is 4. The quantitative estimate of drug-likeness (QED) is 0.384. The number of methoxy groups -OCH3 is 1. The molecule has 2 fully saturated rings. The van der Waals surface area contributed by atoms with Gasteiger partial charge in [-0.2, -0.15) is 5.01 Å². The van der Waals surface area contributed by atoms with Crippen LogP contribution in [0.5, 0.6) is 5.75 Å². The van der Waals surface area contributed by atoms with Crippen molar-refractivity contribution < 1.29 is 24.2 Å². The number of hydrogen-bond donors (Lipinski definition) is 2. The zero-order chi connectivity index (χ0) is 27.1. The fourth-order valence-corrected chi connectivity index (χ4v) is 4.95. The van der Waals surface area contributed by atoms with Crippen molar-refractivity contribution in [2.45, 2.75) is 31.6 Å². The number of urea groups is 1. The van der Waals surface area contributed by atoms with Crippen molar-refractivity contribution in [3.8, 4) is 18.1 Å². The molecule has 0 unspecified atom stereocenters. The molecule has 2 N–H and O–H groups in total. The lowest BCUT2D eigenvalue weighted by atomic mass is 9.98. The molecule has 2 aliphatic rings. The van der Waals surface area contributed by atoms with Crippen LogP contribution in [0, 0.1) is 12.3 Å². The van der Waals surface area contributed by atoms with E-state index in [-0.39, 0.29) is 43.6 Å². The molecule has 38 heavy (non-hydrogen) atoms. The largest absolute Gasteiger partial charge is 0.508 e. The lowest BCUT2D eigenvalue weighted by molar-refractivity contribution is -0.188. The van der Waals surface area contributed by atoms with Crippen LogP contribution in [-0.4, -0.2) is 94.9 Å². The number of ether oxygens (including phenoxy) is 1. The first-order valence-electron chi connectivity index (χ1n) is 12.6. The summed E-state index contributed by atoms with van der Waals surface area (Å²) in [5.41, 5.74) is 1.72. The Morgan fingerprint density at radius 3 is 2.55 bits per heavy atom. The SMILES string of the molecule is C#CCN1CC(=O)N2[C@@H](Cc3ccc(O)cc3)C(=O)N(CCCOC)C[C@@H]2N1C(=O)NCc1ccccc1. The molecule has 0 spiro atoms. The minimum absolute atomic E-state index is 0.0646. The third kappa shape index (κ3) is 6.07.